The van der Waals surface area contributed by atoms with Crippen LogP contribution in [-0.2, 0) is 11.2 Å². The Bertz CT molecular complexity index is 951. The number of guanidine groups is 1. The van der Waals surface area contributed by atoms with E-state index in [4.69, 9.17) is 23.1 Å². The van der Waals surface area contributed by atoms with Crippen molar-refractivity contribution in [1.82, 2.24) is 25.9 Å². The molecule has 1 aliphatic heterocycles. The van der Waals surface area contributed by atoms with Crippen LogP contribution in [0.1, 0.15) is 28.9 Å². The van der Waals surface area contributed by atoms with Gasteiger partial charge in [0.25, 0.3) is 0 Å². The number of aliphatic imine (C=N–C) groups is 1. The van der Waals surface area contributed by atoms with Gasteiger partial charge in [0.2, 0.25) is 5.91 Å². The van der Waals surface area contributed by atoms with Gasteiger partial charge in [-0.1, -0.05) is 41.9 Å². The highest BCUT2D eigenvalue weighted by molar-refractivity contribution is 6.31. The number of nitrogens with zero attached hydrogens (tertiary/aromatic N) is 3. The van der Waals surface area contributed by atoms with Crippen LogP contribution >= 0.6 is 11.6 Å². The van der Waals surface area contributed by atoms with Crippen LogP contribution in [0.15, 0.2) is 35.3 Å². The van der Waals surface area contributed by atoms with E-state index in [1.54, 1.807) is 0 Å². The quantitative estimate of drug-likeness (QED) is 0.396. The molecule has 0 bridgehead atoms. The predicted molar refractivity (Wildman–Crippen MR) is 115 cm³/mol. The fraction of sp³-hybridized carbons (Fsp3) is 0.316. The van der Waals surface area contributed by atoms with Crippen molar-refractivity contribution in [1.29, 1.82) is 0 Å². The van der Waals surface area contributed by atoms with Gasteiger partial charge in [0.05, 0.1) is 6.42 Å². The molecule has 1 atom stereocenters. The van der Waals surface area contributed by atoms with Gasteiger partial charge >= 0.3 is 5.91 Å². The Hall–Kier alpha value is -3.40. The van der Waals surface area contributed by atoms with E-state index < -0.39 is 5.91 Å². The van der Waals surface area contributed by atoms with Crippen molar-refractivity contribution >= 4 is 41.0 Å². The Kier molecular flexibility index (Phi) is 7.02. The van der Waals surface area contributed by atoms with E-state index in [-0.39, 0.29) is 34.4 Å². The minimum absolute atomic E-state index is 0.00703. The normalized spacial score (nSPS) is 16.7. The molecule has 2 amide bonds. The van der Waals surface area contributed by atoms with E-state index in [2.05, 4.69) is 30.9 Å². The molecule has 1 aliphatic rings. The summed E-state index contributed by atoms with van der Waals surface area (Å²) in [7, 11) is 0. The first-order valence-corrected chi connectivity index (χ1v) is 9.82. The van der Waals surface area contributed by atoms with Crippen LogP contribution in [0.25, 0.3) is 0 Å². The van der Waals surface area contributed by atoms with E-state index in [0.717, 1.165) is 18.4 Å². The van der Waals surface area contributed by atoms with E-state index >= 15 is 0 Å². The van der Waals surface area contributed by atoms with Gasteiger partial charge in [-0.2, -0.15) is 4.99 Å². The lowest BCUT2D eigenvalue weighted by Crippen LogP contribution is -2.31. The largest absolute Gasteiger partial charge is 0.382 e. The molecule has 30 heavy (non-hydrogen) atoms. The summed E-state index contributed by atoms with van der Waals surface area (Å²) in [6.07, 6.45) is 1.94. The maximum atomic E-state index is 12.3. The highest BCUT2D eigenvalue weighted by Crippen LogP contribution is 2.18. The lowest BCUT2D eigenvalue weighted by molar-refractivity contribution is -0.120. The van der Waals surface area contributed by atoms with Gasteiger partial charge in [0.15, 0.2) is 28.4 Å². The molecule has 1 aromatic carbocycles. The summed E-state index contributed by atoms with van der Waals surface area (Å²) in [5.41, 5.74) is 12.0. The van der Waals surface area contributed by atoms with Crippen LogP contribution in [0.5, 0.6) is 0 Å². The molecule has 1 aromatic heterocycles. The van der Waals surface area contributed by atoms with Gasteiger partial charge in [-0.3, -0.25) is 9.59 Å². The van der Waals surface area contributed by atoms with Crippen LogP contribution in [0.2, 0.25) is 5.15 Å². The second-order valence-electron chi connectivity index (χ2n) is 6.78. The molecule has 1 fully saturated rings. The van der Waals surface area contributed by atoms with Crippen molar-refractivity contribution in [2.75, 3.05) is 24.6 Å². The second kappa shape index (κ2) is 9.88. The molecule has 7 N–H and O–H groups in total. The second-order valence-corrected chi connectivity index (χ2v) is 7.13. The van der Waals surface area contributed by atoms with Gasteiger partial charge < -0.3 is 27.4 Å². The van der Waals surface area contributed by atoms with Crippen molar-refractivity contribution in [2.45, 2.75) is 25.3 Å². The third-order valence-corrected chi connectivity index (χ3v) is 4.71. The van der Waals surface area contributed by atoms with E-state index in [0.29, 0.717) is 25.5 Å². The molecule has 0 aliphatic carbocycles. The molecule has 1 saturated heterocycles. The summed E-state index contributed by atoms with van der Waals surface area (Å²) in [5.74, 6) is -0.538. The number of carbonyl (C=O) groups excluding carboxylic acids is 2. The van der Waals surface area contributed by atoms with Gasteiger partial charge in [-0.15, -0.1) is 0 Å². The monoisotopic (exact) mass is 430 g/mol. The lowest BCUT2D eigenvalue weighted by Gasteiger charge is -2.10. The number of halogens is 1. The van der Waals surface area contributed by atoms with E-state index in [1.165, 1.54) is 0 Å². The fourth-order valence-electron chi connectivity index (χ4n) is 2.93. The predicted octanol–water partition coefficient (Wildman–Crippen LogP) is 0.491. The summed E-state index contributed by atoms with van der Waals surface area (Å²) in [5, 5.41) is 8.95. The van der Waals surface area contributed by atoms with Crippen LogP contribution in [0.4, 0.5) is 11.6 Å². The number of anilines is 2. The number of amides is 2. The highest BCUT2D eigenvalue weighted by Gasteiger charge is 2.21. The zero-order chi connectivity index (χ0) is 21.5. The van der Waals surface area contributed by atoms with Gasteiger partial charge in [-0.25, -0.2) is 9.97 Å². The topological polar surface area (TPSA) is 160 Å². The summed E-state index contributed by atoms with van der Waals surface area (Å²) in [4.78, 5) is 35.8. The number of rotatable bonds is 7. The van der Waals surface area contributed by atoms with Crippen molar-refractivity contribution in [3.63, 3.8) is 0 Å². The number of hydrogen-bond donors (Lipinski definition) is 5. The third kappa shape index (κ3) is 5.80. The number of nitrogens with one attached hydrogen (secondary N) is 3. The first-order valence-electron chi connectivity index (χ1n) is 9.45. The molecule has 2 heterocycles. The minimum atomic E-state index is -0.675. The summed E-state index contributed by atoms with van der Waals surface area (Å²) < 4.78 is 0. The fourth-order valence-corrected chi connectivity index (χ4v) is 3.06. The SMILES string of the molecule is Nc1nc(N)c(C(=O)/N=C2\NC[C@H](CCCNC(=O)Cc3ccccc3)N2)nc1Cl. The maximum absolute atomic E-state index is 12.3. The smallest absolute Gasteiger partial charge is 0.302 e. The molecule has 10 nitrogen and oxygen atoms in total. The zero-order valence-corrected chi connectivity index (χ0v) is 16.9. The maximum Gasteiger partial charge on any atom is 0.302 e. The van der Waals surface area contributed by atoms with Crippen LogP contribution in [0, 0.1) is 0 Å². The molecule has 11 heteroatoms. The Balaban J connectivity index is 1.41. The van der Waals surface area contributed by atoms with Crippen molar-refractivity contribution < 1.29 is 9.59 Å². The molecule has 0 saturated carbocycles. The Morgan fingerprint density at radius 2 is 1.97 bits per heavy atom. The Morgan fingerprint density at radius 3 is 2.73 bits per heavy atom. The molecule has 0 unspecified atom stereocenters. The van der Waals surface area contributed by atoms with Crippen molar-refractivity contribution in [3.05, 3.63) is 46.7 Å². The third-order valence-electron chi connectivity index (χ3n) is 4.44. The number of nitrogen functional groups attached to an aromatic ring is 2. The van der Waals surface area contributed by atoms with E-state index in [9.17, 15) is 9.59 Å². The van der Waals surface area contributed by atoms with Gasteiger partial charge in [0.1, 0.15) is 0 Å². The molecule has 3 rings (SSSR count). The van der Waals surface area contributed by atoms with Crippen molar-refractivity contribution in [3.8, 4) is 0 Å². The molecule has 0 spiro atoms. The summed E-state index contributed by atoms with van der Waals surface area (Å²) >= 11 is 5.79. The Labute approximate surface area is 178 Å². The average Bonchev–Trinajstić information content (AvgIpc) is 3.16. The molecule has 158 valence electrons. The average molecular weight is 431 g/mol. The molecular weight excluding hydrogens is 408 g/mol. The minimum Gasteiger partial charge on any atom is -0.382 e. The van der Waals surface area contributed by atoms with Gasteiger partial charge in [0, 0.05) is 19.1 Å². The number of hydrogen-bond acceptors (Lipinski definition) is 6. The standard InChI is InChI=1S/C19H23ClN8O2/c20-15-17(22)27-16(21)14(26-15)18(30)28-19-24-10-12(25-19)7-4-8-23-13(29)9-11-5-2-1-3-6-11/h1-3,5-6,12H,4,7-10H2,(H,23,29)(H4,21,22,27)(H2,24,25,28,30)/t12-/m0/s1. The Morgan fingerprint density at radius 1 is 1.20 bits per heavy atom. The first-order chi connectivity index (χ1) is 14.4. The lowest BCUT2D eigenvalue weighted by atomic mass is 10.1. The summed E-state index contributed by atoms with van der Waals surface area (Å²) in [6, 6.07) is 9.67. The zero-order valence-electron chi connectivity index (χ0n) is 16.2. The van der Waals surface area contributed by atoms with Crippen molar-refractivity contribution in [2.24, 2.45) is 4.99 Å². The first kappa shape index (κ1) is 21.3. The van der Waals surface area contributed by atoms with E-state index in [1.807, 2.05) is 30.3 Å². The molecule has 2 aromatic rings. The number of aromatic nitrogens is 2. The number of benzene rings is 1. The van der Waals surface area contributed by atoms with Gasteiger partial charge in [-0.05, 0) is 18.4 Å². The van der Waals surface area contributed by atoms with Crippen LogP contribution in [0.3, 0.4) is 0 Å². The van der Waals surface area contributed by atoms with Crippen LogP contribution in [-0.4, -0.2) is 46.9 Å². The molecule has 0 radical (unpaired) electrons. The van der Waals surface area contributed by atoms with Crippen LogP contribution < -0.4 is 27.4 Å². The number of carbonyl (C=O) groups is 2. The number of nitrogens with two attached hydrogens (primary N) is 2. The molecular formula is C19H23ClN8O2. The highest BCUT2D eigenvalue weighted by atomic mass is 35.5. The summed E-state index contributed by atoms with van der Waals surface area (Å²) in [6.45, 7) is 1.18.